The second-order valence-electron chi connectivity index (χ2n) is 20.3. The van der Waals surface area contributed by atoms with Gasteiger partial charge in [0.2, 0.25) is 5.91 Å². The van der Waals surface area contributed by atoms with Gasteiger partial charge in [0.15, 0.2) is 0 Å². The van der Waals surface area contributed by atoms with Crippen LogP contribution < -0.4 is 10.2 Å². The average molecular weight is 1130 g/mol. The number of allylic oxidation sites excluding steroid dienone is 5. The van der Waals surface area contributed by atoms with Gasteiger partial charge in [0.05, 0.1) is 36.6 Å². The topological polar surface area (TPSA) is 175 Å². The van der Waals surface area contributed by atoms with Crippen molar-refractivity contribution in [1.29, 1.82) is 0 Å². The second-order valence-corrected chi connectivity index (χ2v) is 23.0. The van der Waals surface area contributed by atoms with Crippen molar-refractivity contribution in [3.8, 4) is 5.75 Å². The molecule has 0 aromatic heterocycles. The monoisotopic (exact) mass is 1130 g/mol. The first-order valence-electron chi connectivity index (χ1n) is 26.8. The van der Waals surface area contributed by atoms with Crippen LogP contribution in [0.1, 0.15) is 87.3 Å². The Morgan fingerprint density at radius 2 is 1.35 bits per heavy atom. The zero-order chi connectivity index (χ0) is 56.7. The summed E-state index contributed by atoms with van der Waals surface area (Å²) in [6, 6.07) is 32.3. The minimum absolute atomic E-state index is 0.0157. The maximum absolute atomic E-state index is 14.4. The lowest BCUT2D eigenvalue weighted by Crippen LogP contribution is -2.55. The summed E-state index contributed by atoms with van der Waals surface area (Å²) in [5.74, 6) is -2.58. The Morgan fingerprint density at radius 1 is 0.738 bits per heavy atom. The molecule has 8 atom stereocenters. The molecule has 5 aromatic carbocycles. The van der Waals surface area contributed by atoms with E-state index in [1.54, 1.807) is 29.2 Å². The van der Waals surface area contributed by atoms with Gasteiger partial charge in [-0.15, -0.1) is 0 Å². The van der Waals surface area contributed by atoms with Crippen molar-refractivity contribution >= 4 is 56.9 Å². The number of benzene rings is 5. The number of carbonyl (C=O) groups excluding carboxylic acids is 4. The van der Waals surface area contributed by atoms with Crippen LogP contribution in [-0.2, 0) is 28.6 Å². The molecule has 4 N–H and O–H groups in total. The fourth-order valence-corrected chi connectivity index (χ4v) is 12.5. The summed E-state index contributed by atoms with van der Waals surface area (Å²) in [6.07, 6.45) is 5.06. The number of aromatic hydroxyl groups is 1. The number of phenolic OH excluding ortho intramolecular Hbond substituents is 1. The second kappa shape index (κ2) is 28.4. The molecule has 0 saturated carbocycles. The number of aliphatic hydroxyl groups excluding tert-OH is 2. The van der Waals surface area contributed by atoms with Gasteiger partial charge in [-0.3, -0.25) is 14.4 Å². The highest BCUT2D eigenvalue weighted by atomic mass is 33.1. The van der Waals surface area contributed by atoms with Gasteiger partial charge in [-0.1, -0.05) is 114 Å². The van der Waals surface area contributed by atoms with Crippen LogP contribution in [0.25, 0.3) is 0 Å². The summed E-state index contributed by atoms with van der Waals surface area (Å²) in [5.41, 5.74) is 4.71. The number of esters is 1. The SMILES string of the molecule is CC(C)C1=C(C(=O)Nc2ccccc2)C(C2C=CC=CC2)C(c2ccc(F)cc2)N1CC[C@@H](O)C[C@@H](O)CC(=O)OCCSSCCOC(=O)O[C@@H](CC[C@H]1C(=O)N(c2ccc(F)cc2)C1c1ccc(O)cc1)c1ccc(F)cc1. The van der Waals surface area contributed by atoms with Crippen molar-refractivity contribution in [3.05, 3.63) is 197 Å². The number of hydrogen-bond acceptors (Lipinski definition) is 13. The number of amides is 2. The van der Waals surface area contributed by atoms with Crippen LogP contribution >= 0.6 is 21.6 Å². The predicted octanol–water partition coefficient (Wildman–Crippen LogP) is 12.4. The number of phenols is 1. The Kier molecular flexibility index (Phi) is 21.0. The minimum atomic E-state index is -1.19. The van der Waals surface area contributed by atoms with Crippen LogP contribution in [0.5, 0.6) is 5.75 Å². The first-order valence-corrected chi connectivity index (χ1v) is 29.3. The molecule has 3 aliphatic rings. The molecule has 1 fully saturated rings. The van der Waals surface area contributed by atoms with E-state index >= 15 is 0 Å². The standard InChI is InChI=1S/C62H66F3N3O10S2/c1-39(2)57-56(60(73)66-47-11-7-4-8-12-47)55(41-9-5-3-6-10-41)59(43-15-21-45(64)22-16-43)67(57)32-31-50(70)37-51(71)38-54(72)76-33-35-79-80-36-34-77-62(75)78-53(40-13-19-44(63)20-14-40)30-29-52-58(42-17-27-49(69)28-18-42)68(61(52)74)48-25-23-46(65)24-26-48/h3-9,11-28,39,41,50-53,55,58-59,69-71H,10,29-38H2,1-2H3,(H,66,73)/t41?,50-,51-,52-,53+,55?,58?,59?/m1/s1. The molecule has 5 aromatic rings. The lowest BCUT2D eigenvalue weighted by Gasteiger charge is -2.48. The van der Waals surface area contributed by atoms with Gasteiger partial charge in [-0.25, -0.2) is 18.0 Å². The Hall–Kier alpha value is -6.99. The van der Waals surface area contributed by atoms with E-state index in [0.29, 0.717) is 47.0 Å². The highest BCUT2D eigenvalue weighted by Gasteiger charge is 2.50. The van der Waals surface area contributed by atoms with Crippen LogP contribution in [0, 0.1) is 41.1 Å². The summed E-state index contributed by atoms with van der Waals surface area (Å²) < 4.78 is 58.6. The Balaban J connectivity index is 0.777. The molecule has 2 amide bonds. The largest absolute Gasteiger partial charge is 0.508 e. The van der Waals surface area contributed by atoms with Crippen LogP contribution in [0.3, 0.4) is 0 Å². The third-order valence-corrected chi connectivity index (χ3v) is 16.8. The van der Waals surface area contributed by atoms with Crippen LogP contribution in [-0.4, -0.2) is 87.6 Å². The van der Waals surface area contributed by atoms with Crippen molar-refractivity contribution in [2.45, 2.75) is 82.8 Å². The molecule has 8 rings (SSSR count). The number of halogens is 3. The molecule has 2 aliphatic heterocycles. The van der Waals surface area contributed by atoms with E-state index in [2.05, 4.69) is 22.4 Å². The van der Waals surface area contributed by atoms with Crippen LogP contribution in [0.4, 0.5) is 29.3 Å². The number of nitrogens with one attached hydrogen (secondary N) is 1. The molecule has 18 heteroatoms. The zero-order valence-corrected chi connectivity index (χ0v) is 46.1. The summed E-state index contributed by atoms with van der Waals surface area (Å²) in [5, 5.41) is 35.3. The number of hydrogen-bond donors (Lipinski definition) is 4. The number of carbonyl (C=O) groups is 4. The van der Waals surface area contributed by atoms with E-state index in [1.807, 2.05) is 56.3 Å². The molecule has 4 unspecified atom stereocenters. The number of β-lactam (4-membered cyclic amide) rings is 1. The fraction of sp³-hybridized carbons (Fsp3) is 0.355. The summed E-state index contributed by atoms with van der Waals surface area (Å²) in [6.45, 7) is 4.39. The molecule has 422 valence electrons. The van der Waals surface area contributed by atoms with Gasteiger partial charge >= 0.3 is 12.1 Å². The molecule has 0 spiro atoms. The maximum atomic E-state index is 14.4. The minimum Gasteiger partial charge on any atom is -0.508 e. The van der Waals surface area contributed by atoms with Crippen LogP contribution in [0.15, 0.2) is 163 Å². The number of ether oxygens (including phenoxy) is 3. The molecule has 80 heavy (non-hydrogen) atoms. The molecule has 1 aliphatic carbocycles. The molecule has 1 saturated heterocycles. The van der Waals surface area contributed by atoms with Crippen molar-refractivity contribution in [1.82, 2.24) is 4.90 Å². The summed E-state index contributed by atoms with van der Waals surface area (Å²) in [4.78, 5) is 57.6. The van der Waals surface area contributed by atoms with E-state index in [0.717, 1.165) is 16.8 Å². The lowest BCUT2D eigenvalue weighted by molar-refractivity contribution is -0.145. The molecular weight excluding hydrogens is 1070 g/mol. The third-order valence-electron chi connectivity index (χ3n) is 14.4. The van der Waals surface area contributed by atoms with Gasteiger partial charge in [0, 0.05) is 46.6 Å². The molecule has 13 nitrogen and oxygen atoms in total. The first-order chi connectivity index (χ1) is 38.6. The van der Waals surface area contributed by atoms with E-state index in [9.17, 15) is 47.7 Å². The smallest absolute Gasteiger partial charge is 0.508 e. The maximum Gasteiger partial charge on any atom is 0.508 e. The van der Waals surface area contributed by atoms with Crippen LogP contribution in [0.2, 0.25) is 0 Å². The number of para-hydroxylation sites is 1. The Bertz CT molecular complexity index is 2970. The van der Waals surface area contributed by atoms with Crippen molar-refractivity contribution in [3.63, 3.8) is 0 Å². The number of nitrogens with zero attached hydrogens (tertiary/aromatic N) is 2. The molecule has 2 heterocycles. The lowest BCUT2D eigenvalue weighted by atomic mass is 9.76. The molecular formula is C62H66F3N3O10S2. The third kappa shape index (κ3) is 15.5. The van der Waals surface area contributed by atoms with E-state index in [1.165, 1.54) is 94.4 Å². The van der Waals surface area contributed by atoms with Gasteiger partial charge in [0.1, 0.15) is 42.5 Å². The highest BCUT2D eigenvalue weighted by molar-refractivity contribution is 8.76. The molecule has 0 bridgehead atoms. The summed E-state index contributed by atoms with van der Waals surface area (Å²) in [7, 11) is 2.75. The van der Waals surface area contributed by atoms with Crippen molar-refractivity contribution < 1.29 is 61.9 Å². The number of aliphatic hydroxyl groups is 2. The predicted molar refractivity (Wildman–Crippen MR) is 303 cm³/mol. The number of rotatable bonds is 26. The molecule has 0 radical (unpaired) electrons. The Labute approximate surface area is 472 Å². The van der Waals surface area contributed by atoms with Gasteiger partial charge in [-0.2, -0.15) is 0 Å². The average Bonchev–Trinajstić information content (AvgIpc) is 4.02. The normalized spacial score (nSPS) is 19.9. The van der Waals surface area contributed by atoms with Gasteiger partial charge < -0.3 is 44.6 Å². The zero-order valence-electron chi connectivity index (χ0n) is 44.5. The van der Waals surface area contributed by atoms with E-state index < -0.39 is 54.0 Å². The quantitative estimate of drug-likeness (QED) is 0.0178. The Morgan fingerprint density at radius 3 is 1.99 bits per heavy atom. The number of anilines is 2. The van der Waals surface area contributed by atoms with E-state index in [4.69, 9.17) is 14.2 Å². The van der Waals surface area contributed by atoms with Gasteiger partial charge in [-0.05, 0) is 133 Å². The summed E-state index contributed by atoms with van der Waals surface area (Å²) >= 11 is 0. The van der Waals surface area contributed by atoms with Crippen molar-refractivity contribution in [2.75, 3.05) is 41.5 Å². The fourth-order valence-electron chi connectivity index (χ4n) is 10.8. The first kappa shape index (κ1) is 59.1. The van der Waals surface area contributed by atoms with Gasteiger partial charge in [0.25, 0.3) is 5.91 Å². The highest BCUT2D eigenvalue weighted by Crippen LogP contribution is 2.52. The van der Waals surface area contributed by atoms with E-state index in [-0.39, 0.29) is 92.5 Å². The van der Waals surface area contributed by atoms with Crippen molar-refractivity contribution in [2.24, 2.45) is 23.7 Å².